The van der Waals surface area contributed by atoms with Crippen LogP contribution in [0.15, 0.2) is 30.5 Å². The Hall–Kier alpha value is -1.77. The lowest BCUT2D eigenvalue weighted by atomic mass is 9.94. The summed E-state index contributed by atoms with van der Waals surface area (Å²) in [7, 11) is 0. The van der Waals surface area contributed by atoms with Crippen LogP contribution in [0.3, 0.4) is 0 Å². The van der Waals surface area contributed by atoms with E-state index in [0.717, 1.165) is 16.5 Å². The van der Waals surface area contributed by atoms with Gasteiger partial charge in [-0.3, -0.25) is 4.79 Å². The fraction of sp³-hybridized carbons (Fsp3) is 0.250. The van der Waals surface area contributed by atoms with Gasteiger partial charge >= 0.3 is 5.97 Å². The Kier molecular flexibility index (Phi) is 2.46. The number of hydrogen-bond donors (Lipinski definition) is 2. The molecular formula is C12H13NO2. The molecule has 15 heavy (non-hydrogen) atoms. The molecule has 0 aliphatic heterocycles. The molecule has 3 nitrogen and oxygen atoms in total. The molecule has 2 N–H and O–H groups in total. The van der Waals surface area contributed by atoms with Gasteiger partial charge in [-0.25, -0.2) is 0 Å². The molecule has 1 unspecified atom stereocenters. The molecule has 1 atom stereocenters. The Balaban J connectivity index is 2.59. The van der Waals surface area contributed by atoms with Crippen LogP contribution in [0.1, 0.15) is 24.8 Å². The highest BCUT2D eigenvalue weighted by Crippen LogP contribution is 2.27. The summed E-state index contributed by atoms with van der Waals surface area (Å²) in [6.07, 6.45) is 2.45. The highest BCUT2D eigenvalue weighted by Gasteiger charge is 2.19. The maximum Gasteiger partial charge on any atom is 0.310 e. The number of benzene rings is 1. The van der Waals surface area contributed by atoms with Crippen LogP contribution >= 0.6 is 0 Å². The summed E-state index contributed by atoms with van der Waals surface area (Å²) in [5.74, 6) is -1.17. The van der Waals surface area contributed by atoms with Crippen molar-refractivity contribution in [1.82, 2.24) is 4.98 Å². The monoisotopic (exact) mass is 203 g/mol. The first-order valence-electron chi connectivity index (χ1n) is 5.03. The van der Waals surface area contributed by atoms with Gasteiger partial charge in [0.2, 0.25) is 0 Å². The lowest BCUT2D eigenvalue weighted by molar-refractivity contribution is -0.138. The normalized spacial score (nSPS) is 12.9. The van der Waals surface area contributed by atoms with E-state index in [9.17, 15) is 4.79 Å². The third-order valence-electron chi connectivity index (χ3n) is 2.71. The fourth-order valence-corrected chi connectivity index (χ4v) is 1.94. The second-order valence-corrected chi connectivity index (χ2v) is 3.59. The lowest BCUT2D eigenvalue weighted by Gasteiger charge is -2.11. The molecule has 78 valence electrons. The number of carbonyl (C=O) groups is 1. The molecule has 2 rings (SSSR count). The molecule has 0 saturated carbocycles. The second kappa shape index (κ2) is 3.77. The average molecular weight is 203 g/mol. The minimum atomic E-state index is -0.758. The molecule has 0 amide bonds. The zero-order valence-electron chi connectivity index (χ0n) is 8.53. The van der Waals surface area contributed by atoms with Gasteiger partial charge < -0.3 is 10.1 Å². The van der Waals surface area contributed by atoms with Crippen molar-refractivity contribution in [3.8, 4) is 0 Å². The van der Waals surface area contributed by atoms with Crippen molar-refractivity contribution in [1.29, 1.82) is 0 Å². The van der Waals surface area contributed by atoms with Gasteiger partial charge in [0.1, 0.15) is 0 Å². The summed E-state index contributed by atoms with van der Waals surface area (Å²) in [6.45, 7) is 1.89. The van der Waals surface area contributed by atoms with Crippen LogP contribution in [-0.4, -0.2) is 16.1 Å². The van der Waals surface area contributed by atoms with Gasteiger partial charge in [-0.2, -0.15) is 0 Å². The molecule has 1 aromatic heterocycles. The van der Waals surface area contributed by atoms with E-state index in [1.54, 1.807) is 0 Å². The molecule has 2 aromatic rings. The maximum atomic E-state index is 11.1. The van der Waals surface area contributed by atoms with Crippen LogP contribution in [0.4, 0.5) is 0 Å². The smallest absolute Gasteiger partial charge is 0.310 e. The van der Waals surface area contributed by atoms with Crippen molar-refractivity contribution in [3.63, 3.8) is 0 Å². The first-order chi connectivity index (χ1) is 7.24. The van der Waals surface area contributed by atoms with Crippen LogP contribution in [0, 0.1) is 0 Å². The van der Waals surface area contributed by atoms with Gasteiger partial charge in [0, 0.05) is 17.1 Å². The first-order valence-corrected chi connectivity index (χ1v) is 5.03. The van der Waals surface area contributed by atoms with Crippen molar-refractivity contribution < 1.29 is 9.90 Å². The van der Waals surface area contributed by atoms with Crippen LogP contribution in [0.2, 0.25) is 0 Å². The second-order valence-electron chi connectivity index (χ2n) is 3.59. The Morgan fingerprint density at radius 2 is 2.27 bits per heavy atom. The number of aromatic amines is 1. The summed E-state index contributed by atoms with van der Waals surface area (Å²) >= 11 is 0. The van der Waals surface area contributed by atoms with Gasteiger partial charge in [-0.15, -0.1) is 0 Å². The van der Waals surface area contributed by atoms with Gasteiger partial charge in [0.15, 0.2) is 0 Å². The summed E-state index contributed by atoms with van der Waals surface area (Å²) in [4.78, 5) is 14.2. The molecule has 0 spiro atoms. The van der Waals surface area contributed by atoms with Crippen LogP contribution in [-0.2, 0) is 4.79 Å². The third kappa shape index (κ3) is 1.61. The highest BCUT2D eigenvalue weighted by molar-refractivity contribution is 5.89. The predicted molar refractivity (Wildman–Crippen MR) is 59.0 cm³/mol. The summed E-state index contributed by atoms with van der Waals surface area (Å²) in [6, 6.07) is 7.65. The van der Waals surface area contributed by atoms with E-state index in [2.05, 4.69) is 4.98 Å². The van der Waals surface area contributed by atoms with E-state index in [1.807, 2.05) is 37.4 Å². The number of aliphatic carboxylic acids is 1. The first kappa shape index (κ1) is 9.77. The van der Waals surface area contributed by atoms with E-state index >= 15 is 0 Å². The van der Waals surface area contributed by atoms with Gasteiger partial charge in [-0.05, 0) is 24.1 Å². The zero-order chi connectivity index (χ0) is 10.8. The molecule has 1 heterocycles. The molecule has 3 heteroatoms. The van der Waals surface area contributed by atoms with Crippen molar-refractivity contribution in [3.05, 3.63) is 36.0 Å². The van der Waals surface area contributed by atoms with Crippen molar-refractivity contribution >= 4 is 16.9 Å². The summed E-state index contributed by atoms with van der Waals surface area (Å²) < 4.78 is 0. The van der Waals surface area contributed by atoms with Crippen LogP contribution < -0.4 is 0 Å². The highest BCUT2D eigenvalue weighted by atomic mass is 16.4. The molecule has 0 aliphatic carbocycles. The predicted octanol–water partition coefficient (Wildman–Crippen LogP) is 2.75. The summed E-state index contributed by atoms with van der Waals surface area (Å²) in [5, 5.41) is 10.1. The van der Waals surface area contributed by atoms with Gasteiger partial charge in [0.25, 0.3) is 0 Å². The van der Waals surface area contributed by atoms with Crippen molar-refractivity contribution in [2.75, 3.05) is 0 Å². The quantitative estimate of drug-likeness (QED) is 0.805. The lowest BCUT2D eigenvalue weighted by Crippen LogP contribution is -2.10. The number of aromatic nitrogens is 1. The molecule has 0 radical (unpaired) electrons. The minimum Gasteiger partial charge on any atom is -0.481 e. The van der Waals surface area contributed by atoms with Gasteiger partial charge in [-0.1, -0.05) is 19.1 Å². The van der Waals surface area contributed by atoms with E-state index in [0.29, 0.717) is 6.42 Å². The zero-order valence-corrected chi connectivity index (χ0v) is 8.53. The Morgan fingerprint density at radius 1 is 1.47 bits per heavy atom. The van der Waals surface area contributed by atoms with E-state index in [1.165, 1.54) is 0 Å². The molecule has 0 fully saturated rings. The van der Waals surface area contributed by atoms with Crippen molar-refractivity contribution in [2.24, 2.45) is 0 Å². The number of fused-ring (bicyclic) bond motifs is 1. The average Bonchev–Trinajstić information content (AvgIpc) is 2.66. The number of carboxylic acid groups (broad SMARTS) is 1. The Bertz CT molecular complexity index is 487. The maximum absolute atomic E-state index is 11.1. The molecule has 0 aliphatic rings. The molecule has 1 aromatic carbocycles. The fourth-order valence-electron chi connectivity index (χ4n) is 1.94. The number of H-pyrrole nitrogens is 1. The van der Waals surface area contributed by atoms with Gasteiger partial charge in [0.05, 0.1) is 5.92 Å². The Morgan fingerprint density at radius 3 is 2.93 bits per heavy atom. The minimum absolute atomic E-state index is 0.413. The van der Waals surface area contributed by atoms with E-state index in [-0.39, 0.29) is 0 Å². The Labute approximate surface area is 87.7 Å². The van der Waals surface area contributed by atoms with E-state index in [4.69, 9.17) is 5.11 Å². The summed E-state index contributed by atoms with van der Waals surface area (Å²) in [5.41, 5.74) is 1.89. The third-order valence-corrected chi connectivity index (χ3v) is 2.71. The number of hydrogen-bond acceptors (Lipinski definition) is 1. The van der Waals surface area contributed by atoms with Crippen LogP contribution in [0.5, 0.6) is 0 Å². The van der Waals surface area contributed by atoms with E-state index < -0.39 is 11.9 Å². The molecule has 0 saturated heterocycles. The SMILES string of the molecule is CCC(C(=O)O)c1cccc2[nH]ccc12. The van der Waals surface area contributed by atoms with Crippen molar-refractivity contribution in [2.45, 2.75) is 19.3 Å². The van der Waals surface area contributed by atoms with Crippen LogP contribution in [0.25, 0.3) is 10.9 Å². The number of rotatable bonds is 3. The molecular weight excluding hydrogens is 190 g/mol. The number of carboxylic acids is 1. The largest absolute Gasteiger partial charge is 0.481 e. The topological polar surface area (TPSA) is 53.1 Å². The number of nitrogens with one attached hydrogen (secondary N) is 1. The molecule has 0 bridgehead atoms. The standard InChI is InChI=1S/C12H13NO2/c1-2-8(12(14)15)9-4-3-5-11-10(9)6-7-13-11/h3-8,13H,2H2,1H3,(H,14,15).